The van der Waals surface area contributed by atoms with E-state index in [0.29, 0.717) is 12.8 Å². The first kappa shape index (κ1) is 16.5. The van der Waals surface area contributed by atoms with Crippen molar-refractivity contribution < 1.29 is 18.7 Å². The van der Waals surface area contributed by atoms with Crippen LogP contribution in [0.3, 0.4) is 0 Å². The normalized spacial score (nSPS) is 15.9. The zero-order valence-corrected chi connectivity index (χ0v) is 14.0. The second-order valence-electron chi connectivity index (χ2n) is 6.08. The highest BCUT2D eigenvalue weighted by Gasteiger charge is 2.25. The number of aryl methyl sites for hydroxylation is 2. The fraction of sp³-hybridized carbons (Fsp3) is 0.350. The van der Waals surface area contributed by atoms with E-state index in [-0.39, 0.29) is 17.7 Å². The third-order valence-electron chi connectivity index (χ3n) is 4.73. The number of carbonyl (C=O) groups is 1. The van der Waals surface area contributed by atoms with Gasteiger partial charge < -0.3 is 9.47 Å². The number of carbonyl (C=O) groups excluding carboxylic acids is 1. The first-order valence-corrected chi connectivity index (χ1v) is 8.14. The molecule has 0 saturated carbocycles. The van der Waals surface area contributed by atoms with Crippen LogP contribution in [0.1, 0.15) is 41.0 Å². The summed E-state index contributed by atoms with van der Waals surface area (Å²) in [5.74, 6) is 0.433. The number of ether oxygens (including phenoxy) is 2. The van der Waals surface area contributed by atoms with Crippen LogP contribution in [0, 0.1) is 5.82 Å². The van der Waals surface area contributed by atoms with Crippen molar-refractivity contribution in [1.82, 2.24) is 0 Å². The Labute approximate surface area is 141 Å². The van der Waals surface area contributed by atoms with Gasteiger partial charge in [-0.25, -0.2) is 4.39 Å². The molecule has 0 N–H and O–H groups in total. The second kappa shape index (κ2) is 7.04. The molecule has 1 unspecified atom stereocenters. The van der Waals surface area contributed by atoms with E-state index in [2.05, 4.69) is 6.07 Å². The lowest BCUT2D eigenvalue weighted by Gasteiger charge is -2.20. The van der Waals surface area contributed by atoms with Crippen LogP contribution >= 0.6 is 0 Å². The minimum atomic E-state index is -0.224. The molecule has 0 fully saturated rings. The van der Waals surface area contributed by atoms with Gasteiger partial charge in [-0.2, -0.15) is 0 Å². The van der Waals surface area contributed by atoms with Crippen molar-refractivity contribution in [2.45, 2.75) is 31.6 Å². The molecule has 4 heteroatoms. The predicted octanol–water partition coefficient (Wildman–Crippen LogP) is 4.02. The molecule has 0 heterocycles. The summed E-state index contributed by atoms with van der Waals surface area (Å²) in [6.45, 7) is 0. The number of methoxy groups -OCH3 is 2. The van der Waals surface area contributed by atoms with E-state index in [4.69, 9.17) is 9.47 Å². The number of esters is 1. The Hall–Kier alpha value is -2.36. The lowest BCUT2D eigenvalue weighted by Crippen LogP contribution is -2.08. The Morgan fingerprint density at radius 1 is 1.08 bits per heavy atom. The quantitative estimate of drug-likeness (QED) is 0.795. The second-order valence-corrected chi connectivity index (χ2v) is 6.08. The molecule has 2 aromatic carbocycles. The minimum Gasteiger partial charge on any atom is -0.497 e. The smallest absolute Gasteiger partial charge is 0.305 e. The Morgan fingerprint density at radius 3 is 2.42 bits per heavy atom. The molecule has 0 aliphatic heterocycles. The highest BCUT2D eigenvalue weighted by Crippen LogP contribution is 2.38. The van der Waals surface area contributed by atoms with Gasteiger partial charge >= 0.3 is 5.97 Å². The summed E-state index contributed by atoms with van der Waals surface area (Å²) >= 11 is 0. The summed E-state index contributed by atoms with van der Waals surface area (Å²) in [6, 6.07) is 11.0. The van der Waals surface area contributed by atoms with Crippen LogP contribution in [-0.2, 0) is 22.4 Å². The number of benzene rings is 2. The van der Waals surface area contributed by atoms with E-state index in [0.717, 1.165) is 29.7 Å². The highest BCUT2D eigenvalue weighted by molar-refractivity contribution is 5.69. The SMILES string of the molecule is COC(=O)CCC1c2ccc(F)cc2CCc2cc(OC)ccc21. The molecule has 3 nitrogen and oxygen atoms in total. The van der Waals surface area contributed by atoms with E-state index in [1.54, 1.807) is 13.2 Å². The molecule has 1 aliphatic rings. The molecule has 0 radical (unpaired) electrons. The number of rotatable bonds is 4. The van der Waals surface area contributed by atoms with Gasteiger partial charge in [0.1, 0.15) is 11.6 Å². The van der Waals surface area contributed by atoms with Crippen LogP contribution in [0.4, 0.5) is 4.39 Å². The molecule has 0 bridgehead atoms. The predicted molar refractivity (Wildman–Crippen MR) is 89.9 cm³/mol. The Morgan fingerprint density at radius 2 is 1.75 bits per heavy atom. The minimum absolute atomic E-state index is 0.0584. The first-order valence-electron chi connectivity index (χ1n) is 8.14. The largest absolute Gasteiger partial charge is 0.497 e. The Balaban J connectivity index is 2.04. The van der Waals surface area contributed by atoms with Crippen LogP contribution in [0.15, 0.2) is 36.4 Å². The van der Waals surface area contributed by atoms with Crippen LogP contribution in [0.5, 0.6) is 5.75 Å². The zero-order valence-electron chi connectivity index (χ0n) is 14.0. The molecule has 3 rings (SSSR count). The van der Waals surface area contributed by atoms with Gasteiger partial charge in [0.2, 0.25) is 0 Å². The van der Waals surface area contributed by atoms with Gasteiger partial charge in [0.05, 0.1) is 14.2 Å². The van der Waals surface area contributed by atoms with E-state index < -0.39 is 0 Å². The average molecular weight is 328 g/mol. The maximum atomic E-state index is 13.7. The van der Waals surface area contributed by atoms with Crippen LogP contribution in [0.25, 0.3) is 0 Å². The summed E-state index contributed by atoms with van der Waals surface area (Å²) in [4.78, 5) is 11.6. The summed E-state index contributed by atoms with van der Waals surface area (Å²) in [7, 11) is 3.05. The molecule has 0 spiro atoms. The zero-order chi connectivity index (χ0) is 17.1. The maximum absolute atomic E-state index is 13.7. The summed E-state index contributed by atoms with van der Waals surface area (Å²) in [6.07, 6.45) is 2.59. The van der Waals surface area contributed by atoms with E-state index in [1.807, 2.05) is 18.2 Å². The molecule has 0 aromatic heterocycles. The molecular weight excluding hydrogens is 307 g/mol. The van der Waals surface area contributed by atoms with Gasteiger partial charge in [-0.1, -0.05) is 12.1 Å². The fourth-order valence-electron chi connectivity index (χ4n) is 3.51. The van der Waals surface area contributed by atoms with Crippen molar-refractivity contribution in [3.05, 3.63) is 64.5 Å². The van der Waals surface area contributed by atoms with Crippen LogP contribution < -0.4 is 4.74 Å². The Bertz CT molecular complexity index is 755. The lowest BCUT2D eigenvalue weighted by molar-refractivity contribution is -0.140. The fourth-order valence-corrected chi connectivity index (χ4v) is 3.51. The molecule has 1 aliphatic carbocycles. The van der Waals surface area contributed by atoms with Crippen molar-refractivity contribution in [3.63, 3.8) is 0 Å². The molecular formula is C20H21FO3. The van der Waals surface area contributed by atoms with Gasteiger partial charge in [-0.15, -0.1) is 0 Å². The van der Waals surface area contributed by atoms with Crippen molar-refractivity contribution >= 4 is 5.97 Å². The first-order chi connectivity index (χ1) is 11.6. The maximum Gasteiger partial charge on any atom is 0.305 e. The van der Waals surface area contributed by atoms with Crippen molar-refractivity contribution in [2.75, 3.05) is 14.2 Å². The number of fused-ring (bicyclic) bond motifs is 2. The number of hydrogen-bond acceptors (Lipinski definition) is 3. The molecule has 24 heavy (non-hydrogen) atoms. The number of halogens is 1. The third kappa shape index (κ3) is 3.28. The van der Waals surface area contributed by atoms with Gasteiger partial charge in [0.25, 0.3) is 0 Å². The van der Waals surface area contributed by atoms with Crippen molar-refractivity contribution in [1.29, 1.82) is 0 Å². The summed E-state index contributed by atoms with van der Waals surface area (Å²) in [5.41, 5.74) is 4.50. The lowest BCUT2D eigenvalue weighted by atomic mass is 9.84. The molecule has 126 valence electrons. The average Bonchev–Trinajstić information content (AvgIpc) is 2.75. The van der Waals surface area contributed by atoms with Gasteiger partial charge in [-0.05, 0) is 65.8 Å². The molecule has 1 atom stereocenters. The van der Waals surface area contributed by atoms with E-state index >= 15 is 0 Å². The van der Waals surface area contributed by atoms with E-state index in [9.17, 15) is 9.18 Å². The van der Waals surface area contributed by atoms with Gasteiger partial charge in [0, 0.05) is 12.3 Å². The van der Waals surface area contributed by atoms with Crippen molar-refractivity contribution in [2.24, 2.45) is 0 Å². The monoisotopic (exact) mass is 328 g/mol. The summed E-state index contributed by atoms with van der Waals surface area (Å²) < 4.78 is 23.8. The van der Waals surface area contributed by atoms with Crippen LogP contribution in [-0.4, -0.2) is 20.2 Å². The van der Waals surface area contributed by atoms with E-state index in [1.165, 1.54) is 24.3 Å². The van der Waals surface area contributed by atoms with Crippen molar-refractivity contribution in [3.8, 4) is 5.75 Å². The van der Waals surface area contributed by atoms with Crippen LogP contribution in [0.2, 0.25) is 0 Å². The Kier molecular flexibility index (Phi) is 4.84. The standard InChI is InChI=1S/C20H21FO3/c1-23-16-6-8-18-14(12-16)4-3-13-11-15(21)5-7-17(13)19(18)9-10-20(22)24-2/h5-8,11-12,19H,3-4,9-10H2,1-2H3. The van der Waals surface area contributed by atoms with Gasteiger partial charge in [0.15, 0.2) is 0 Å². The number of hydrogen-bond donors (Lipinski definition) is 0. The topological polar surface area (TPSA) is 35.5 Å². The molecule has 0 amide bonds. The summed E-state index contributed by atoms with van der Waals surface area (Å²) in [5, 5.41) is 0. The third-order valence-corrected chi connectivity index (χ3v) is 4.73. The van der Waals surface area contributed by atoms with Gasteiger partial charge in [-0.3, -0.25) is 4.79 Å². The molecule has 2 aromatic rings. The highest BCUT2D eigenvalue weighted by atomic mass is 19.1. The molecule has 0 saturated heterocycles.